The van der Waals surface area contributed by atoms with Gasteiger partial charge >= 0.3 is 9.05 Å². The van der Waals surface area contributed by atoms with E-state index < -0.39 is 9.05 Å². The average molecular weight is 317 g/mol. The maximum atomic E-state index is 6.47. The van der Waals surface area contributed by atoms with Crippen LogP contribution >= 0.6 is 0 Å². The van der Waals surface area contributed by atoms with Crippen molar-refractivity contribution < 1.29 is 17.7 Å². The zero-order valence-electron chi connectivity index (χ0n) is 14.5. The number of fused-ring (bicyclic) bond motifs is 2. The van der Waals surface area contributed by atoms with E-state index in [0.717, 1.165) is 12.3 Å². The van der Waals surface area contributed by atoms with Crippen molar-refractivity contribution in [3.63, 3.8) is 0 Å². The van der Waals surface area contributed by atoms with Crippen LogP contribution < -0.4 is 0 Å². The molecule has 0 spiro atoms. The molecule has 0 heterocycles. The fourth-order valence-corrected chi connectivity index (χ4v) is 6.46. The van der Waals surface area contributed by atoms with Crippen LogP contribution in [-0.2, 0) is 17.7 Å². The monoisotopic (exact) mass is 316 g/mol. The van der Waals surface area contributed by atoms with Gasteiger partial charge in [-0.25, -0.2) is 0 Å². The molecular weight excluding hydrogens is 284 g/mol. The van der Waals surface area contributed by atoms with Gasteiger partial charge in [0, 0.05) is 19.8 Å². The van der Waals surface area contributed by atoms with Crippen molar-refractivity contribution in [2.45, 2.75) is 66.9 Å². The summed E-state index contributed by atoms with van der Waals surface area (Å²) in [5.74, 6) is 0.740. The molecule has 2 saturated carbocycles. The molecule has 3 atom stereocenters. The van der Waals surface area contributed by atoms with Crippen molar-refractivity contribution >= 4 is 9.05 Å². The lowest BCUT2D eigenvalue weighted by Crippen LogP contribution is -2.54. The predicted octanol–water partition coefficient (Wildman–Crippen LogP) is 3.76. The molecule has 0 saturated heterocycles. The molecule has 21 heavy (non-hydrogen) atoms. The van der Waals surface area contributed by atoms with Crippen LogP contribution in [0, 0.1) is 16.7 Å². The van der Waals surface area contributed by atoms with E-state index in [2.05, 4.69) is 20.8 Å². The first-order valence-electron chi connectivity index (χ1n) is 8.45. The zero-order chi connectivity index (χ0) is 15.7. The van der Waals surface area contributed by atoms with Gasteiger partial charge in [-0.1, -0.05) is 20.8 Å². The summed E-state index contributed by atoms with van der Waals surface area (Å²) in [7, 11) is -3.01. The Morgan fingerprint density at radius 2 is 1.48 bits per heavy atom. The minimum Gasteiger partial charge on any atom is -0.351 e. The first-order chi connectivity index (χ1) is 9.85. The van der Waals surface area contributed by atoms with Gasteiger partial charge < -0.3 is 17.7 Å². The van der Waals surface area contributed by atoms with Gasteiger partial charge in [0.25, 0.3) is 0 Å². The average Bonchev–Trinajstić information content (AvgIpc) is 2.73. The van der Waals surface area contributed by atoms with Gasteiger partial charge in [-0.15, -0.1) is 0 Å². The van der Waals surface area contributed by atoms with Gasteiger partial charge in [-0.2, -0.15) is 0 Å². The summed E-state index contributed by atoms with van der Waals surface area (Å²) in [6.45, 7) is 14.7. The van der Waals surface area contributed by atoms with E-state index in [1.54, 1.807) is 0 Å². The zero-order valence-corrected chi connectivity index (χ0v) is 15.5. The molecule has 0 amide bonds. The van der Waals surface area contributed by atoms with Gasteiger partial charge in [-0.05, 0) is 56.8 Å². The van der Waals surface area contributed by atoms with Crippen LogP contribution in [0.3, 0.4) is 0 Å². The molecule has 2 fully saturated rings. The maximum Gasteiger partial charge on any atom is 0.679 e. The van der Waals surface area contributed by atoms with Crippen molar-refractivity contribution in [1.29, 1.82) is 0 Å². The van der Waals surface area contributed by atoms with Crippen LogP contribution in [0.15, 0.2) is 0 Å². The third kappa shape index (κ3) is 2.83. The first kappa shape index (κ1) is 17.4. The second-order valence-electron chi connectivity index (χ2n) is 7.02. The maximum absolute atomic E-state index is 6.47. The quantitative estimate of drug-likeness (QED) is 0.639. The smallest absolute Gasteiger partial charge is 0.351 e. The van der Waals surface area contributed by atoms with Gasteiger partial charge in [0.05, 0.1) is 6.10 Å². The SMILES string of the molecule is CCO[Si](OCC)(OCC)OC1CC2CCC1(C)C2(C)C. The summed E-state index contributed by atoms with van der Waals surface area (Å²) in [6, 6.07) is 0. The Morgan fingerprint density at radius 1 is 0.952 bits per heavy atom. The van der Waals surface area contributed by atoms with Crippen LogP contribution in [0.1, 0.15) is 60.8 Å². The van der Waals surface area contributed by atoms with E-state index in [1.165, 1.54) is 12.8 Å². The van der Waals surface area contributed by atoms with Crippen LogP contribution in [0.2, 0.25) is 0 Å². The molecule has 0 aromatic rings. The Balaban J connectivity index is 2.17. The Kier molecular flexibility index (Phi) is 5.21. The molecule has 124 valence electrons. The second kappa shape index (κ2) is 6.28. The highest BCUT2D eigenvalue weighted by atomic mass is 28.4. The minimum absolute atomic E-state index is 0.183. The van der Waals surface area contributed by atoms with Gasteiger partial charge in [0.15, 0.2) is 0 Å². The Labute approximate surface area is 131 Å². The summed E-state index contributed by atoms with van der Waals surface area (Å²) >= 11 is 0. The fourth-order valence-electron chi connectivity index (χ4n) is 4.24. The molecule has 0 radical (unpaired) electrons. The van der Waals surface area contributed by atoms with Crippen molar-refractivity contribution in [2.75, 3.05) is 19.8 Å². The summed E-state index contributed by atoms with van der Waals surface area (Å²) in [5, 5.41) is 0. The van der Waals surface area contributed by atoms with Gasteiger partial charge in [0.1, 0.15) is 0 Å². The summed E-state index contributed by atoms with van der Waals surface area (Å²) in [5.41, 5.74) is 0.518. The molecule has 2 aliphatic carbocycles. The molecule has 3 unspecified atom stereocenters. The largest absolute Gasteiger partial charge is 0.679 e. The van der Waals surface area contributed by atoms with E-state index in [0.29, 0.717) is 25.2 Å². The topological polar surface area (TPSA) is 36.9 Å². The normalized spacial score (nSPS) is 34.6. The Hall–Kier alpha value is 0.0569. The molecule has 0 aromatic carbocycles. The van der Waals surface area contributed by atoms with Gasteiger partial charge in [-0.3, -0.25) is 0 Å². The molecular formula is C16H32O4Si. The molecule has 5 heteroatoms. The van der Waals surface area contributed by atoms with E-state index in [1.807, 2.05) is 20.8 Å². The predicted molar refractivity (Wildman–Crippen MR) is 84.7 cm³/mol. The Bertz CT molecular complexity index is 343. The lowest BCUT2D eigenvalue weighted by molar-refractivity contribution is -0.0862. The van der Waals surface area contributed by atoms with Crippen molar-refractivity contribution in [3.05, 3.63) is 0 Å². The molecule has 0 N–H and O–H groups in total. The number of rotatable bonds is 8. The first-order valence-corrected chi connectivity index (χ1v) is 10.1. The lowest BCUT2D eigenvalue weighted by atomic mass is 9.70. The molecule has 2 bridgehead atoms. The summed E-state index contributed by atoms with van der Waals surface area (Å²) in [6.07, 6.45) is 3.83. The fraction of sp³-hybridized carbons (Fsp3) is 1.00. The molecule has 0 aromatic heterocycles. The molecule has 0 aliphatic heterocycles. The van der Waals surface area contributed by atoms with Crippen LogP contribution in [0.25, 0.3) is 0 Å². The second-order valence-corrected chi connectivity index (χ2v) is 9.12. The van der Waals surface area contributed by atoms with E-state index in [-0.39, 0.29) is 11.5 Å². The van der Waals surface area contributed by atoms with Crippen LogP contribution in [-0.4, -0.2) is 35.0 Å². The van der Waals surface area contributed by atoms with Crippen LogP contribution in [0.5, 0.6) is 0 Å². The van der Waals surface area contributed by atoms with E-state index in [4.69, 9.17) is 17.7 Å². The van der Waals surface area contributed by atoms with Crippen molar-refractivity contribution in [1.82, 2.24) is 0 Å². The Morgan fingerprint density at radius 3 is 1.81 bits per heavy atom. The molecule has 2 aliphatic rings. The van der Waals surface area contributed by atoms with Crippen LogP contribution in [0.4, 0.5) is 0 Å². The molecule has 4 nitrogen and oxygen atoms in total. The third-order valence-electron chi connectivity index (χ3n) is 5.96. The standard InChI is InChI=1S/C16H32O4Si/c1-7-17-21(18-8-2,19-9-3)20-14-12-13-10-11-16(14,6)15(13,4)5/h13-14H,7-12H2,1-6H3. The summed E-state index contributed by atoms with van der Waals surface area (Å²) in [4.78, 5) is 0. The van der Waals surface area contributed by atoms with Gasteiger partial charge in [0.2, 0.25) is 0 Å². The highest BCUT2D eigenvalue weighted by Gasteiger charge is 2.64. The lowest BCUT2D eigenvalue weighted by Gasteiger charge is -2.41. The minimum atomic E-state index is -3.01. The van der Waals surface area contributed by atoms with E-state index >= 15 is 0 Å². The summed E-state index contributed by atoms with van der Waals surface area (Å²) < 4.78 is 24.1. The van der Waals surface area contributed by atoms with E-state index in [9.17, 15) is 0 Å². The van der Waals surface area contributed by atoms with Crippen molar-refractivity contribution in [3.8, 4) is 0 Å². The highest BCUT2D eigenvalue weighted by Crippen LogP contribution is 2.66. The number of hydrogen-bond acceptors (Lipinski definition) is 4. The third-order valence-corrected chi connectivity index (χ3v) is 8.46. The highest BCUT2D eigenvalue weighted by molar-refractivity contribution is 6.53. The van der Waals surface area contributed by atoms with Crippen molar-refractivity contribution in [2.24, 2.45) is 16.7 Å². The number of hydrogen-bond donors (Lipinski definition) is 0. The molecule has 2 rings (SSSR count).